The Kier molecular flexibility index (Phi) is 6.32. The molecule has 0 aliphatic carbocycles. The standard InChI is InChI=1S/C14H21NO4/c1-2-3-7-10-18-14(15,11-13(16)17)19-12-8-5-4-6-9-12/h4-6,8-9H,2-3,7,10-11,15H2,1H3,(H,16,17). The van der Waals surface area contributed by atoms with Crippen LogP contribution in [0.4, 0.5) is 0 Å². The first-order valence-electron chi connectivity index (χ1n) is 6.44. The lowest BCUT2D eigenvalue weighted by Crippen LogP contribution is -2.50. The predicted molar refractivity (Wildman–Crippen MR) is 71.7 cm³/mol. The van der Waals surface area contributed by atoms with Crippen LogP contribution in [-0.2, 0) is 9.53 Å². The average molecular weight is 267 g/mol. The van der Waals surface area contributed by atoms with Crippen LogP contribution >= 0.6 is 0 Å². The van der Waals surface area contributed by atoms with Gasteiger partial charge in [-0.25, -0.2) is 0 Å². The molecule has 1 atom stereocenters. The van der Waals surface area contributed by atoms with Gasteiger partial charge in [0.15, 0.2) is 0 Å². The van der Waals surface area contributed by atoms with Crippen LogP contribution in [0.2, 0.25) is 0 Å². The van der Waals surface area contributed by atoms with E-state index in [4.69, 9.17) is 20.3 Å². The fourth-order valence-electron chi connectivity index (χ4n) is 1.61. The van der Waals surface area contributed by atoms with Crippen LogP contribution in [0.5, 0.6) is 5.75 Å². The van der Waals surface area contributed by atoms with Crippen molar-refractivity contribution in [1.29, 1.82) is 0 Å². The van der Waals surface area contributed by atoms with E-state index in [0.29, 0.717) is 12.4 Å². The van der Waals surface area contributed by atoms with Crippen LogP contribution in [0.3, 0.4) is 0 Å². The van der Waals surface area contributed by atoms with Gasteiger partial charge in [0.25, 0.3) is 5.91 Å². The molecule has 1 aromatic rings. The molecule has 106 valence electrons. The van der Waals surface area contributed by atoms with Gasteiger partial charge in [-0.15, -0.1) is 0 Å². The van der Waals surface area contributed by atoms with Crippen LogP contribution in [0.1, 0.15) is 32.6 Å². The maximum atomic E-state index is 10.9. The van der Waals surface area contributed by atoms with Gasteiger partial charge in [0.05, 0.1) is 6.61 Å². The third kappa shape index (κ3) is 6.22. The van der Waals surface area contributed by atoms with Crippen LogP contribution < -0.4 is 10.5 Å². The lowest BCUT2D eigenvalue weighted by atomic mass is 10.2. The number of benzene rings is 1. The molecular formula is C14H21NO4. The molecule has 0 fully saturated rings. The maximum Gasteiger partial charge on any atom is 0.311 e. The van der Waals surface area contributed by atoms with Crippen LogP contribution in [-0.4, -0.2) is 23.6 Å². The Labute approximate surface area is 113 Å². The van der Waals surface area contributed by atoms with Crippen molar-refractivity contribution in [3.63, 3.8) is 0 Å². The Morgan fingerprint density at radius 2 is 2.00 bits per heavy atom. The van der Waals surface area contributed by atoms with Gasteiger partial charge < -0.3 is 14.6 Å². The van der Waals surface area contributed by atoms with Gasteiger partial charge in [-0.3, -0.25) is 10.5 Å². The summed E-state index contributed by atoms with van der Waals surface area (Å²) < 4.78 is 10.9. The van der Waals surface area contributed by atoms with Crippen LogP contribution in [0.25, 0.3) is 0 Å². The van der Waals surface area contributed by atoms with E-state index < -0.39 is 18.3 Å². The summed E-state index contributed by atoms with van der Waals surface area (Å²) in [5, 5.41) is 8.89. The summed E-state index contributed by atoms with van der Waals surface area (Å²) >= 11 is 0. The zero-order valence-electron chi connectivity index (χ0n) is 11.2. The summed E-state index contributed by atoms with van der Waals surface area (Å²) in [4.78, 5) is 10.9. The monoisotopic (exact) mass is 267 g/mol. The normalized spacial score (nSPS) is 13.8. The van der Waals surface area contributed by atoms with E-state index in [2.05, 4.69) is 6.92 Å². The third-order valence-corrected chi connectivity index (χ3v) is 2.53. The van der Waals surface area contributed by atoms with Gasteiger partial charge in [-0.2, -0.15) is 0 Å². The number of unbranched alkanes of at least 4 members (excludes halogenated alkanes) is 2. The van der Waals surface area contributed by atoms with E-state index in [1.165, 1.54) is 0 Å². The molecule has 0 saturated carbocycles. The summed E-state index contributed by atoms with van der Waals surface area (Å²) in [6.07, 6.45) is 2.48. The van der Waals surface area contributed by atoms with Gasteiger partial charge >= 0.3 is 5.97 Å². The Morgan fingerprint density at radius 3 is 2.58 bits per heavy atom. The summed E-state index contributed by atoms with van der Waals surface area (Å²) in [7, 11) is 0. The highest BCUT2D eigenvalue weighted by molar-refractivity contribution is 5.67. The largest absolute Gasteiger partial charge is 0.481 e. The molecule has 0 spiro atoms. The number of carboxylic acid groups (broad SMARTS) is 1. The lowest BCUT2D eigenvalue weighted by molar-refractivity contribution is -0.193. The molecule has 0 aliphatic heterocycles. The van der Waals surface area contributed by atoms with Crippen LogP contribution in [0, 0.1) is 0 Å². The van der Waals surface area contributed by atoms with Crippen molar-refractivity contribution in [3.05, 3.63) is 30.3 Å². The molecule has 0 aliphatic rings. The topological polar surface area (TPSA) is 81.8 Å². The molecule has 19 heavy (non-hydrogen) atoms. The molecule has 0 amide bonds. The molecule has 0 saturated heterocycles. The highest BCUT2D eigenvalue weighted by Crippen LogP contribution is 2.19. The molecule has 5 heteroatoms. The van der Waals surface area contributed by atoms with Crippen molar-refractivity contribution >= 4 is 5.97 Å². The molecule has 0 radical (unpaired) electrons. The van der Waals surface area contributed by atoms with E-state index in [-0.39, 0.29) is 0 Å². The van der Waals surface area contributed by atoms with E-state index in [1.807, 2.05) is 6.07 Å². The first-order valence-corrected chi connectivity index (χ1v) is 6.44. The number of carboxylic acids is 1. The van der Waals surface area contributed by atoms with Gasteiger partial charge in [-0.1, -0.05) is 38.0 Å². The number of hydrogen-bond acceptors (Lipinski definition) is 4. The highest BCUT2D eigenvalue weighted by Gasteiger charge is 2.31. The van der Waals surface area contributed by atoms with Gasteiger partial charge in [0, 0.05) is 0 Å². The summed E-state index contributed by atoms with van der Waals surface area (Å²) in [6.45, 7) is 2.46. The quantitative estimate of drug-likeness (QED) is 0.530. The molecule has 1 rings (SSSR count). The second-order valence-corrected chi connectivity index (χ2v) is 4.35. The van der Waals surface area contributed by atoms with Crippen molar-refractivity contribution in [2.24, 2.45) is 5.73 Å². The molecule has 3 N–H and O–H groups in total. The lowest BCUT2D eigenvalue weighted by Gasteiger charge is -2.28. The van der Waals surface area contributed by atoms with Crippen LogP contribution in [0.15, 0.2) is 30.3 Å². The fourth-order valence-corrected chi connectivity index (χ4v) is 1.61. The maximum absolute atomic E-state index is 10.9. The molecular weight excluding hydrogens is 246 g/mol. The zero-order valence-corrected chi connectivity index (χ0v) is 11.2. The minimum atomic E-state index is -1.62. The SMILES string of the molecule is CCCCCOC(N)(CC(=O)O)Oc1ccccc1. The van der Waals surface area contributed by atoms with E-state index in [1.54, 1.807) is 24.3 Å². The Morgan fingerprint density at radius 1 is 1.32 bits per heavy atom. The van der Waals surface area contributed by atoms with Gasteiger partial charge in [0.1, 0.15) is 12.2 Å². The van der Waals surface area contributed by atoms with Crippen molar-refractivity contribution in [2.75, 3.05) is 6.61 Å². The van der Waals surface area contributed by atoms with Crippen molar-refractivity contribution < 1.29 is 19.4 Å². The number of aliphatic carboxylic acids is 1. The molecule has 0 aromatic heterocycles. The predicted octanol–water partition coefficient (Wildman–Crippen LogP) is 2.36. The second kappa shape index (κ2) is 7.76. The summed E-state index contributed by atoms with van der Waals surface area (Å²) in [5.41, 5.74) is 5.89. The van der Waals surface area contributed by atoms with Crippen molar-refractivity contribution in [3.8, 4) is 5.75 Å². The molecule has 1 aromatic carbocycles. The molecule has 1 unspecified atom stereocenters. The molecule has 5 nitrogen and oxygen atoms in total. The Balaban J connectivity index is 2.61. The Hall–Kier alpha value is -1.59. The van der Waals surface area contributed by atoms with Crippen molar-refractivity contribution in [1.82, 2.24) is 0 Å². The minimum Gasteiger partial charge on any atom is -0.481 e. The molecule has 0 heterocycles. The second-order valence-electron chi connectivity index (χ2n) is 4.35. The van der Waals surface area contributed by atoms with E-state index >= 15 is 0 Å². The number of rotatable bonds is 9. The minimum absolute atomic E-state index is 0.379. The average Bonchev–Trinajstić information content (AvgIpc) is 2.35. The van der Waals surface area contributed by atoms with E-state index in [0.717, 1.165) is 19.3 Å². The van der Waals surface area contributed by atoms with E-state index in [9.17, 15) is 4.79 Å². The summed E-state index contributed by atoms with van der Waals surface area (Å²) in [5.74, 6) is -2.20. The first-order chi connectivity index (χ1) is 9.06. The number of carbonyl (C=O) groups is 1. The third-order valence-electron chi connectivity index (χ3n) is 2.53. The smallest absolute Gasteiger partial charge is 0.311 e. The van der Waals surface area contributed by atoms with Gasteiger partial charge in [0.2, 0.25) is 0 Å². The summed E-state index contributed by atoms with van der Waals surface area (Å²) in [6, 6.07) is 8.82. The number of hydrogen-bond donors (Lipinski definition) is 2. The number of para-hydroxylation sites is 1. The highest BCUT2D eigenvalue weighted by atomic mass is 16.7. The Bertz CT molecular complexity index is 382. The van der Waals surface area contributed by atoms with Gasteiger partial charge in [-0.05, 0) is 18.6 Å². The molecule has 0 bridgehead atoms. The fraction of sp³-hybridized carbons (Fsp3) is 0.500. The number of nitrogens with two attached hydrogens (primary N) is 1. The number of ether oxygens (including phenoxy) is 2. The zero-order chi connectivity index (χ0) is 14.1. The first kappa shape index (κ1) is 15.5. The van der Waals surface area contributed by atoms with Crippen molar-refractivity contribution in [2.45, 2.75) is 38.5 Å².